The molecule has 2 aromatic carbocycles. The third-order valence-electron chi connectivity index (χ3n) is 4.14. The molecule has 2 N–H and O–H groups in total. The molecule has 0 saturated heterocycles. The molecule has 3 rings (SSSR count). The molecule has 0 aliphatic rings. The maximum absolute atomic E-state index is 12.9. The lowest BCUT2D eigenvalue weighted by Gasteiger charge is -2.12. The van der Waals surface area contributed by atoms with E-state index in [0.717, 1.165) is 16.7 Å². The molecule has 0 aliphatic carbocycles. The van der Waals surface area contributed by atoms with Gasteiger partial charge < -0.3 is 14.9 Å². The van der Waals surface area contributed by atoms with Crippen molar-refractivity contribution in [2.24, 2.45) is 5.73 Å². The van der Waals surface area contributed by atoms with E-state index in [9.17, 15) is 9.59 Å². The zero-order valence-electron chi connectivity index (χ0n) is 14.4. The van der Waals surface area contributed by atoms with Crippen molar-refractivity contribution in [1.82, 2.24) is 0 Å². The van der Waals surface area contributed by atoms with Crippen molar-refractivity contribution < 1.29 is 13.9 Å². The minimum absolute atomic E-state index is 0.00148. The standard InChI is InChI=1S/C20H19NO4/c1-11-4-6-14(7-5-11)19-20(24-10-17(21)22)18(23)15-8-12(2)13(3)9-16(15)25-19/h4-9H,10H2,1-3H3,(H2,21,22). The maximum atomic E-state index is 12.9. The molecule has 25 heavy (non-hydrogen) atoms. The second-order valence-corrected chi connectivity index (χ2v) is 6.14. The number of hydrogen-bond acceptors (Lipinski definition) is 4. The first-order valence-electron chi connectivity index (χ1n) is 7.93. The van der Waals surface area contributed by atoms with Crippen LogP contribution in [0.3, 0.4) is 0 Å². The molecule has 1 heterocycles. The van der Waals surface area contributed by atoms with Gasteiger partial charge in [0.05, 0.1) is 5.39 Å². The van der Waals surface area contributed by atoms with Crippen LogP contribution in [0.4, 0.5) is 0 Å². The fraction of sp³-hybridized carbons (Fsp3) is 0.200. The highest BCUT2D eigenvalue weighted by molar-refractivity contribution is 5.84. The number of carbonyl (C=O) groups excluding carboxylic acids is 1. The molecule has 1 aromatic heterocycles. The highest BCUT2D eigenvalue weighted by Crippen LogP contribution is 2.32. The average Bonchev–Trinajstić information content (AvgIpc) is 2.56. The Bertz CT molecular complexity index is 1020. The lowest BCUT2D eigenvalue weighted by molar-refractivity contribution is -0.119. The molecule has 0 bridgehead atoms. The van der Waals surface area contributed by atoms with Gasteiger partial charge in [-0.05, 0) is 44.0 Å². The SMILES string of the molecule is Cc1ccc(-c2oc3cc(C)c(C)cc3c(=O)c2OCC(N)=O)cc1. The molecule has 0 spiro atoms. The van der Waals surface area contributed by atoms with Gasteiger partial charge in [0.25, 0.3) is 5.91 Å². The van der Waals surface area contributed by atoms with Gasteiger partial charge in [0.1, 0.15) is 5.58 Å². The van der Waals surface area contributed by atoms with Crippen LogP contribution in [0.1, 0.15) is 16.7 Å². The first kappa shape index (κ1) is 16.8. The number of ether oxygens (including phenoxy) is 1. The predicted molar refractivity (Wildman–Crippen MR) is 96.8 cm³/mol. The van der Waals surface area contributed by atoms with Crippen LogP contribution >= 0.6 is 0 Å². The summed E-state index contributed by atoms with van der Waals surface area (Å²) in [5.41, 5.74) is 9.10. The summed E-state index contributed by atoms with van der Waals surface area (Å²) in [5, 5.41) is 0.415. The lowest BCUT2D eigenvalue weighted by atomic mass is 10.0. The van der Waals surface area contributed by atoms with Crippen molar-refractivity contribution in [3.63, 3.8) is 0 Å². The molecule has 128 valence electrons. The Morgan fingerprint density at radius 3 is 2.36 bits per heavy atom. The number of hydrogen-bond donors (Lipinski definition) is 1. The zero-order chi connectivity index (χ0) is 18.1. The number of fused-ring (bicyclic) bond motifs is 1. The minimum Gasteiger partial charge on any atom is -0.476 e. The van der Waals surface area contributed by atoms with Crippen LogP contribution in [0, 0.1) is 20.8 Å². The summed E-state index contributed by atoms with van der Waals surface area (Å²) in [7, 11) is 0. The summed E-state index contributed by atoms with van der Waals surface area (Å²) in [4.78, 5) is 24.0. The Morgan fingerprint density at radius 1 is 1.08 bits per heavy atom. The Kier molecular flexibility index (Phi) is 4.31. The quantitative estimate of drug-likeness (QED) is 0.792. The molecule has 5 nitrogen and oxygen atoms in total. The van der Waals surface area contributed by atoms with E-state index >= 15 is 0 Å². The molecule has 0 aliphatic heterocycles. The minimum atomic E-state index is -0.658. The molecule has 0 radical (unpaired) electrons. The van der Waals surface area contributed by atoms with Crippen molar-refractivity contribution in [2.45, 2.75) is 20.8 Å². The third-order valence-corrected chi connectivity index (χ3v) is 4.14. The number of aryl methyl sites for hydroxylation is 3. The Labute approximate surface area is 145 Å². The van der Waals surface area contributed by atoms with E-state index in [1.165, 1.54) is 0 Å². The smallest absolute Gasteiger partial charge is 0.255 e. The summed E-state index contributed by atoms with van der Waals surface area (Å²) in [5.74, 6) is -0.366. The van der Waals surface area contributed by atoms with E-state index in [1.807, 2.05) is 51.1 Å². The Balaban J connectivity index is 2.29. The van der Waals surface area contributed by atoms with Crippen LogP contribution in [-0.4, -0.2) is 12.5 Å². The number of carbonyl (C=O) groups is 1. The van der Waals surface area contributed by atoms with Gasteiger partial charge in [0.2, 0.25) is 11.2 Å². The van der Waals surface area contributed by atoms with E-state index in [2.05, 4.69) is 0 Å². The average molecular weight is 337 g/mol. The van der Waals surface area contributed by atoms with Gasteiger partial charge in [-0.1, -0.05) is 29.8 Å². The van der Waals surface area contributed by atoms with Crippen molar-refractivity contribution >= 4 is 16.9 Å². The van der Waals surface area contributed by atoms with Crippen LogP contribution in [0.25, 0.3) is 22.3 Å². The fourth-order valence-electron chi connectivity index (χ4n) is 2.60. The molecular weight excluding hydrogens is 318 g/mol. The number of nitrogens with two attached hydrogens (primary N) is 1. The summed E-state index contributed by atoms with van der Waals surface area (Å²) >= 11 is 0. The second kappa shape index (κ2) is 6.43. The Morgan fingerprint density at radius 2 is 1.72 bits per heavy atom. The van der Waals surface area contributed by atoms with Crippen molar-refractivity contribution in [3.8, 4) is 17.1 Å². The number of rotatable bonds is 4. The van der Waals surface area contributed by atoms with Crippen LogP contribution in [0.5, 0.6) is 5.75 Å². The fourth-order valence-corrected chi connectivity index (χ4v) is 2.60. The zero-order valence-corrected chi connectivity index (χ0v) is 14.4. The first-order valence-corrected chi connectivity index (χ1v) is 7.93. The number of primary amides is 1. The summed E-state index contributed by atoms with van der Waals surface area (Å²) in [6.07, 6.45) is 0. The maximum Gasteiger partial charge on any atom is 0.255 e. The van der Waals surface area contributed by atoms with Crippen LogP contribution in [-0.2, 0) is 4.79 Å². The second-order valence-electron chi connectivity index (χ2n) is 6.14. The molecule has 3 aromatic rings. The first-order chi connectivity index (χ1) is 11.9. The molecular formula is C20H19NO4. The highest BCUT2D eigenvalue weighted by Gasteiger charge is 2.19. The largest absolute Gasteiger partial charge is 0.476 e. The van der Waals surface area contributed by atoms with Gasteiger partial charge in [0.15, 0.2) is 12.4 Å². The van der Waals surface area contributed by atoms with Crippen LogP contribution in [0.2, 0.25) is 0 Å². The molecule has 1 amide bonds. The van der Waals surface area contributed by atoms with Gasteiger partial charge in [-0.25, -0.2) is 0 Å². The van der Waals surface area contributed by atoms with Crippen molar-refractivity contribution in [1.29, 1.82) is 0 Å². The molecule has 0 fully saturated rings. The molecule has 5 heteroatoms. The molecule has 0 unspecified atom stereocenters. The predicted octanol–water partition coefficient (Wildman–Crippen LogP) is 3.25. The van der Waals surface area contributed by atoms with E-state index in [4.69, 9.17) is 14.9 Å². The van der Waals surface area contributed by atoms with Gasteiger partial charge in [-0.15, -0.1) is 0 Å². The Hall–Kier alpha value is -3.08. The van der Waals surface area contributed by atoms with E-state index < -0.39 is 5.91 Å². The summed E-state index contributed by atoms with van der Waals surface area (Å²) in [6, 6.07) is 11.1. The van der Waals surface area contributed by atoms with E-state index in [1.54, 1.807) is 6.07 Å². The molecule has 0 atom stereocenters. The highest BCUT2D eigenvalue weighted by atomic mass is 16.5. The van der Waals surface area contributed by atoms with Crippen molar-refractivity contribution in [3.05, 3.63) is 63.3 Å². The summed E-state index contributed by atoms with van der Waals surface area (Å²) < 4.78 is 11.4. The van der Waals surface area contributed by atoms with E-state index in [-0.39, 0.29) is 17.8 Å². The normalized spacial score (nSPS) is 10.8. The summed E-state index contributed by atoms with van der Waals surface area (Å²) in [6.45, 7) is 5.46. The van der Waals surface area contributed by atoms with Crippen molar-refractivity contribution in [2.75, 3.05) is 6.61 Å². The van der Waals surface area contributed by atoms with Gasteiger partial charge in [-0.3, -0.25) is 9.59 Å². The number of amides is 1. The van der Waals surface area contributed by atoms with Gasteiger partial charge in [-0.2, -0.15) is 0 Å². The lowest BCUT2D eigenvalue weighted by Crippen LogP contribution is -2.22. The van der Waals surface area contributed by atoms with E-state index in [0.29, 0.717) is 22.3 Å². The topological polar surface area (TPSA) is 82.5 Å². The van der Waals surface area contributed by atoms with Gasteiger partial charge >= 0.3 is 0 Å². The van der Waals surface area contributed by atoms with Gasteiger partial charge in [0, 0.05) is 5.56 Å². The third kappa shape index (κ3) is 3.26. The molecule has 0 saturated carbocycles. The van der Waals surface area contributed by atoms with Crippen LogP contribution < -0.4 is 15.9 Å². The number of benzene rings is 2. The monoisotopic (exact) mass is 337 g/mol. The van der Waals surface area contributed by atoms with Crippen LogP contribution in [0.15, 0.2) is 45.6 Å².